The molecular formula is C15H26N2O3. The van der Waals surface area contributed by atoms with Gasteiger partial charge in [0.05, 0.1) is 0 Å². The predicted molar refractivity (Wildman–Crippen MR) is 76.3 cm³/mol. The zero-order valence-electron chi connectivity index (χ0n) is 13.2. The van der Waals surface area contributed by atoms with Crippen molar-refractivity contribution in [2.24, 2.45) is 5.41 Å². The molecule has 2 saturated heterocycles. The van der Waals surface area contributed by atoms with E-state index in [1.165, 1.54) is 0 Å². The summed E-state index contributed by atoms with van der Waals surface area (Å²) in [6, 6.07) is 0.197. The summed E-state index contributed by atoms with van der Waals surface area (Å²) in [4.78, 5) is 25.7. The molecule has 2 rings (SSSR count). The molecule has 0 bridgehead atoms. The van der Waals surface area contributed by atoms with Crippen LogP contribution < -0.4 is 5.32 Å². The summed E-state index contributed by atoms with van der Waals surface area (Å²) in [7, 11) is 0. The molecule has 1 N–H and O–H groups in total. The van der Waals surface area contributed by atoms with Crippen LogP contribution in [0.25, 0.3) is 0 Å². The Morgan fingerprint density at radius 1 is 1.30 bits per heavy atom. The lowest BCUT2D eigenvalue weighted by molar-refractivity contribution is -0.120. The van der Waals surface area contributed by atoms with Gasteiger partial charge < -0.3 is 15.0 Å². The number of nitrogens with zero attached hydrogens (tertiary/aromatic N) is 1. The van der Waals surface area contributed by atoms with Crippen molar-refractivity contribution >= 4 is 12.0 Å². The number of likely N-dealkylation sites (tertiary alicyclic amines) is 1. The van der Waals surface area contributed by atoms with Gasteiger partial charge in [-0.1, -0.05) is 0 Å². The maximum absolute atomic E-state index is 12.3. The van der Waals surface area contributed by atoms with E-state index in [1.807, 2.05) is 39.5 Å². The van der Waals surface area contributed by atoms with Crippen LogP contribution in [0.5, 0.6) is 0 Å². The summed E-state index contributed by atoms with van der Waals surface area (Å²) < 4.78 is 5.49. The lowest BCUT2D eigenvalue weighted by Gasteiger charge is -2.47. The predicted octanol–water partition coefficient (Wildman–Crippen LogP) is 2.30. The highest BCUT2D eigenvalue weighted by Gasteiger charge is 2.48. The van der Waals surface area contributed by atoms with Gasteiger partial charge in [0.1, 0.15) is 5.60 Å². The number of carbonyl (C=O) groups is 2. The molecule has 2 atom stereocenters. The Labute approximate surface area is 121 Å². The fourth-order valence-electron chi connectivity index (χ4n) is 3.68. The van der Waals surface area contributed by atoms with Gasteiger partial charge in [-0.05, 0) is 47.5 Å². The molecule has 5 heteroatoms. The van der Waals surface area contributed by atoms with Gasteiger partial charge in [-0.15, -0.1) is 0 Å². The number of rotatable bonds is 0. The Hall–Kier alpha value is -1.26. The molecule has 0 aromatic rings. The first kappa shape index (κ1) is 15.1. The molecule has 2 unspecified atom stereocenters. The Bertz CT molecular complexity index is 402. The van der Waals surface area contributed by atoms with Gasteiger partial charge in [0.25, 0.3) is 0 Å². The van der Waals surface area contributed by atoms with Crippen molar-refractivity contribution in [2.75, 3.05) is 6.54 Å². The Balaban J connectivity index is 2.08. The van der Waals surface area contributed by atoms with Gasteiger partial charge in [0, 0.05) is 30.5 Å². The largest absolute Gasteiger partial charge is 0.444 e. The summed E-state index contributed by atoms with van der Waals surface area (Å²) in [5.41, 5.74) is -0.453. The van der Waals surface area contributed by atoms with Crippen LogP contribution in [0, 0.1) is 5.41 Å². The molecule has 20 heavy (non-hydrogen) atoms. The van der Waals surface area contributed by atoms with Crippen LogP contribution in [0.4, 0.5) is 4.79 Å². The minimum atomic E-state index is -0.476. The first-order valence-electron chi connectivity index (χ1n) is 7.40. The lowest BCUT2D eigenvalue weighted by Crippen LogP contribution is -2.54. The molecule has 0 aromatic heterocycles. The molecule has 5 nitrogen and oxygen atoms in total. The molecule has 2 aliphatic rings. The maximum Gasteiger partial charge on any atom is 0.410 e. The molecule has 114 valence electrons. The SMILES string of the molecule is CC1CC2(CNC(=O)C2)CC(C)N1C(=O)OC(C)(C)C. The number of ether oxygens (including phenoxy) is 1. The number of hydrogen-bond donors (Lipinski definition) is 1. The standard InChI is InChI=1S/C15H26N2O3/c1-10-6-15(8-12(18)16-9-15)7-11(2)17(10)13(19)20-14(3,4)5/h10-11H,6-9H2,1-5H3,(H,16,18). The second-order valence-corrected chi connectivity index (χ2v) is 7.45. The van der Waals surface area contributed by atoms with Crippen LogP contribution in [0.15, 0.2) is 0 Å². The number of carbonyl (C=O) groups excluding carboxylic acids is 2. The zero-order valence-corrected chi connectivity index (χ0v) is 13.2. The van der Waals surface area contributed by atoms with Gasteiger partial charge in [-0.25, -0.2) is 4.79 Å². The van der Waals surface area contributed by atoms with Gasteiger partial charge in [0.15, 0.2) is 0 Å². The fourth-order valence-corrected chi connectivity index (χ4v) is 3.68. The first-order chi connectivity index (χ1) is 9.12. The molecule has 2 fully saturated rings. The van der Waals surface area contributed by atoms with E-state index in [-0.39, 0.29) is 29.5 Å². The van der Waals surface area contributed by atoms with Crippen LogP contribution in [-0.4, -0.2) is 41.1 Å². The van der Waals surface area contributed by atoms with Crippen LogP contribution in [0.1, 0.15) is 53.9 Å². The average Bonchev–Trinajstić information content (AvgIpc) is 2.55. The third kappa shape index (κ3) is 3.07. The number of nitrogens with one attached hydrogen (secondary N) is 1. The molecule has 2 aliphatic heterocycles. The van der Waals surface area contributed by atoms with Crippen molar-refractivity contribution < 1.29 is 14.3 Å². The summed E-state index contributed by atoms with van der Waals surface area (Å²) >= 11 is 0. The van der Waals surface area contributed by atoms with Crippen LogP contribution in [-0.2, 0) is 9.53 Å². The third-order valence-electron chi connectivity index (χ3n) is 4.21. The highest BCUT2D eigenvalue weighted by atomic mass is 16.6. The molecule has 0 aliphatic carbocycles. The van der Waals surface area contributed by atoms with E-state index < -0.39 is 5.60 Å². The highest BCUT2D eigenvalue weighted by molar-refractivity contribution is 5.79. The summed E-state index contributed by atoms with van der Waals surface area (Å²) in [5, 5.41) is 2.93. The normalized spacial score (nSPS) is 34.2. The van der Waals surface area contributed by atoms with E-state index in [9.17, 15) is 9.59 Å². The topological polar surface area (TPSA) is 58.6 Å². The third-order valence-corrected chi connectivity index (χ3v) is 4.21. The summed E-state index contributed by atoms with van der Waals surface area (Å²) in [5.74, 6) is 0.134. The molecule has 2 heterocycles. The van der Waals surface area contributed by atoms with Crippen LogP contribution in [0.2, 0.25) is 0 Å². The number of amides is 2. The number of piperidine rings is 1. The van der Waals surface area contributed by atoms with Gasteiger partial charge in [0.2, 0.25) is 5.91 Å². The van der Waals surface area contributed by atoms with E-state index in [4.69, 9.17) is 4.74 Å². The lowest BCUT2D eigenvalue weighted by atomic mass is 9.72. The first-order valence-corrected chi connectivity index (χ1v) is 7.40. The summed E-state index contributed by atoms with van der Waals surface area (Å²) in [6.07, 6.45) is 2.05. The van der Waals surface area contributed by atoms with Crippen molar-refractivity contribution in [1.82, 2.24) is 10.2 Å². The van der Waals surface area contributed by atoms with Crippen LogP contribution in [0.3, 0.4) is 0 Å². The van der Waals surface area contributed by atoms with E-state index in [1.54, 1.807) is 0 Å². The quantitative estimate of drug-likeness (QED) is 0.741. The van der Waals surface area contributed by atoms with Crippen molar-refractivity contribution in [1.29, 1.82) is 0 Å². The second kappa shape index (κ2) is 4.93. The van der Waals surface area contributed by atoms with Crippen molar-refractivity contribution in [3.8, 4) is 0 Å². The minimum Gasteiger partial charge on any atom is -0.444 e. The van der Waals surface area contributed by atoms with Crippen molar-refractivity contribution in [3.63, 3.8) is 0 Å². The Morgan fingerprint density at radius 3 is 2.25 bits per heavy atom. The van der Waals surface area contributed by atoms with Gasteiger partial charge in [-0.3, -0.25) is 4.79 Å². The maximum atomic E-state index is 12.3. The fraction of sp³-hybridized carbons (Fsp3) is 0.867. The summed E-state index contributed by atoms with van der Waals surface area (Å²) in [6.45, 7) is 10.5. The smallest absolute Gasteiger partial charge is 0.410 e. The second-order valence-electron chi connectivity index (χ2n) is 7.45. The van der Waals surface area contributed by atoms with E-state index in [0.29, 0.717) is 6.42 Å². The van der Waals surface area contributed by atoms with Crippen LogP contribution >= 0.6 is 0 Å². The van der Waals surface area contributed by atoms with E-state index in [2.05, 4.69) is 5.32 Å². The average molecular weight is 282 g/mol. The molecular weight excluding hydrogens is 256 g/mol. The van der Waals surface area contributed by atoms with Gasteiger partial charge in [-0.2, -0.15) is 0 Å². The molecule has 0 aromatic carbocycles. The van der Waals surface area contributed by atoms with Crippen molar-refractivity contribution in [2.45, 2.75) is 71.6 Å². The van der Waals surface area contributed by atoms with E-state index in [0.717, 1.165) is 19.4 Å². The molecule has 0 radical (unpaired) electrons. The molecule has 2 amide bonds. The van der Waals surface area contributed by atoms with E-state index >= 15 is 0 Å². The zero-order chi connectivity index (χ0) is 15.1. The van der Waals surface area contributed by atoms with Crippen molar-refractivity contribution in [3.05, 3.63) is 0 Å². The minimum absolute atomic E-state index is 0.0223. The monoisotopic (exact) mass is 282 g/mol. The Morgan fingerprint density at radius 2 is 1.85 bits per heavy atom. The van der Waals surface area contributed by atoms with Gasteiger partial charge >= 0.3 is 6.09 Å². The Kier molecular flexibility index (Phi) is 3.73. The number of hydrogen-bond acceptors (Lipinski definition) is 3. The molecule has 1 spiro atoms. The molecule has 0 saturated carbocycles. The highest BCUT2D eigenvalue weighted by Crippen LogP contribution is 2.43.